The van der Waals surface area contributed by atoms with E-state index < -0.39 is 0 Å². The normalized spacial score (nSPS) is 11.0. The molecular weight excluding hydrogens is 270 g/mol. The van der Waals surface area contributed by atoms with Crippen molar-refractivity contribution >= 4 is 15.9 Å². The Balaban J connectivity index is 2.49. The van der Waals surface area contributed by atoms with E-state index in [-0.39, 0.29) is 5.56 Å². The van der Waals surface area contributed by atoms with Crippen LogP contribution in [0.4, 0.5) is 0 Å². The van der Waals surface area contributed by atoms with E-state index in [2.05, 4.69) is 40.1 Å². The number of rotatable bonds is 6. The summed E-state index contributed by atoms with van der Waals surface area (Å²) in [5.41, 5.74) is -0.0265. The van der Waals surface area contributed by atoms with Crippen LogP contribution in [-0.4, -0.2) is 22.1 Å². The van der Waals surface area contributed by atoms with Crippen molar-refractivity contribution in [1.82, 2.24) is 14.9 Å². The van der Waals surface area contributed by atoms with Crippen molar-refractivity contribution in [2.75, 3.05) is 6.54 Å². The predicted octanol–water partition coefficient (Wildman–Crippen LogP) is 1.78. The van der Waals surface area contributed by atoms with Crippen molar-refractivity contribution in [3.05, 3.63) is 27.4 Å². The minimum absolute atomic E-state index is 0.0265. The van der Waals surface area contributed by atoms with Gasteiger partial charge in [0.25, 0.3) is 5.56 Å². The fourth-order valence-corrected chi connectivity index (χ4v) is 1.90. The van der Waals surface area contributed by atoms with Crippen molar-refractivity contribution in [1.29, 1.82) is 0 Å². The van der Waals surface area contributed by atoms with Crippen molar-refractivity contribution in [3.63, 3.8) is 0 Å². The summed E-state index contributed by atoms with van der Waals surface area (Å²) < 4.78 is 2.12. The maximum Gasteiger partial charge on any atom is 0.267 e. The van der Waals surface area contributed by atoms with E-state index in [1.807, 2.05) is 0 Å². The third-order valence-corrected chi connectivity index (χ3v) is 3.17. The maximum atomic E-state index is 11.6. The van der Waals surface area contributed by atoms with Crippen LogP contribution in [-0.2, 0) is 6.54 Å². The van der Waals surface area contributed by atoms with E-state index in [9.17, 15) is 4.79 Å². The Labute approximate surface area is 104 Å². The van der Waals surface area contributed by atoms with Gasteiger partial charge in [-0.05, 0) is 28.8 Å². The minimum atomic E-state index is -0.0265. The van der Waals surface area contributed by atoms with Gasteiger partial charge in [-0.2, -0.15) is 0 Å². The second-order valence-electron chi connectivity index (χ2n) is 3.71. The molecule has 1 aromatic heterocycles. The van der Waals surface area contributed by atoms with Crippen molar-refractivity contribution < 1.29 is 0 Å². The third-order valence-electron chi connectivity index (χ3n) is 2.63. The minimum Gasteiger partial charge on any atom is -0.312 e. The summed E-state index contributed by atoms with van der Waals surface area (Å²) in [7, 11) is 0. The zero-order valence-electron chi connectivity index (χ0n) is 9.74. The van der Waals surface area contributed by atoms with E-state index >= 15 is 0 Å². The van der Waals surface area contributed by atoms with Crippen molar-refractivity contribution in [2.45, 2.75) is 39.3 Å². The lowest BCUT2D eigenvalue weighted by molar-refractivity contribution is 0.461. The van der Waals surface area contributed by atoms with E-state index in [1.165, 1.54) is 6.20 Å². The molecule has 0 saturated carbocycles. The van der Waals surface area contributed by atoms with Gasteiger partial charge in [0.05, 0.1) is 6.33 Å². The number of hydrogen-bond donors (Lipinski definition) is 1. The Kier molecular flexibility index (Phi) is 5.69. The molecule has 5 heteroatoms. The molecule has 0 amide bonds. The second kappa shape index (κ2) is 6.81. The zero-order chi connectivity index (χ0) is 12.0. The van der Waals surface area contributed by atoms with Crippen LogP contribution in [0.5, 0.6) is 0 Å². The molecule has 0 aromatic carbocycles. The molecule has 0 spiro atoms. The average molecular weight is 288 g/mol. The van der Waals surface area contributed by atoms with Crippen LogP contribution in [0, 0.1) is 0 Å². The molecule has 1 aromatic rings. The Morgan fingerprint density at radius 2 is 2.19 bits per heavy atom. The molecule has 1 rings (SSSR count). The standard InChI is InChI=1S/C11H18BrN3O/c1-3-9(4-2)14-5-6-15-8-13-7-10(12)11(15)16/h7-9,14H,3-6H2,1-2H3. The fourth-order valence-electron chi connectivity index (χ4n) is 1.55. The summed E-state index contributed by atoms with van der Waals surface area (Å²) >= 11 is 3.18. The van der Waals surface area contributed by atoms with Crippen LogP contribution in [0.25, 0.3) is 0 Å². The quantitative estimate of drug-likeness (QED) is 0.868. The van der Waals surface area contributed by atoms with Gasteiger partial charge in [-0.15, -0.1) is 0 Å². The summed E-state index contributed by atoms with van der Waals surface area (Å²) in [5.74, 6) is 0. The molecule has 0 fully saturated rings. The van der Waals surface area contributed by atoms with Gasteiger partial charge in [0, 0.05) is 25.3 Å². The first kappa shape index (κ1) is 13.4. The Bertz CT molecular complexity index is 374. The van der Waals surface area contributed by atoms with Gasteiger partial charge in [-0.1, -0.05) is 13.8 Å². The topological polar surface area (TPSA) is 46.9 Å². The molecular formula is C11H18BrN3O. The molecule has 4 nitrogen and oxygen atoms in total. The Morgan fingerprint density at radius 1 is 1.50 bits per heavy atom. The van der Waals surface area contributed by atoms with Gasteiger partial charge in [0.1, 0.15) is 4.47 Å². The van der Waals surface area contributed by atoms with Gasteiger partial charge in [0.2, 0.25) is 0 Å². The van der Waals surface area contributed by atoms with Crippen LogP contribution < -0.4 is 10.9 Å². The van der Waals surface area contributed by atoms with Crippen LogP contribution in [0.1, 0.15) is 26.7 Å². The van der Waals surface area contributed by atoms with Gasteiger partial charge < -0.3 is 5.32 Å². The monoisotopic (exact) mass is 287 g/mol. The summed E-state index contributed by atoms with van der Waals surface area (Å²) in [6.45, 7) is 5.77. The van der Waals surface area contributed by atoms with Crippen molar-refractivity contribution in [2.24, 2.45) is 0 Å². The molecule has 0 saturated heterocycles. The Morgan fingerprint density at radius 3 is 2.81 bits per heavy atom. The number of aromatic nitrogens is 2. The largest absolute Gasteiger partial charge is 0.312 e. The fraction of sp³-hybridized carbons (Fsp3) is 0.636. The smallest absolute Gasteiger partial charge is 0.267 e. The lowest BCUT2D eigenvalue weighted by Crippen LogP contribution is -2.33. The van der Waals surface area contributed by atoms with Crippen LogP contribution >= 0.6 is 15.9 Å². The molecule has 1 heterocycles. The highest BCUT2D eigenvalue weighted by molar-refractivity contribution is 9.10. The van der Waals surface area contributed by atoms with Gasteiger partial charge >= 0.3 is 0 Å². The lowest BCUT2D eigenvalue weighted by Gasteiger charge is -2.14. The molecule has 90 valence electrons. The lowest BCUT2D eigenvalue weighted by atomic mass is 10.2. The summed E-state index contributed by atoms with van der Waals surface area (Å²) in [4.78, 5) is 15.6. The molecule has 1 N–H and O–H groups in total. The van der Waals surface area contributed by atoms with E-state index in [0.29, 0.717) is 17.1 Å². The van der Waals surface area contributed by atoms with E-state index in [1.54, 1.807) is 10.9 Å². The van der Waals surface area contributed by atoms with Crippen molar-refractivity contribution in [3.8, 4) is 0 Å². The SMILES string of the molecule is CCC(CC)NCCn1cncc(Br)c1=O. The number of nitrogens with zero attached hydrogens (tertiary/aromatic N) is 2. The van der Waals surface area contributed by atoms with Gasteiger partial charge in [-0.3, -0.25) is 9.36 Å². The first-order chi connectivity index (χ1) is 7.69. The van der Waals surface area contributed by atoms with Gasteiger partial charge in [-0.25, -0.2) is 4.98 Å². The summed E-state index contributed by atoms with van der Waals surface area (Å²) in [6, 6.07) is 0.538. The number of hydrogen-bond acceptors (Lipinski definition) is 3. The molecule has 0 aliphatic rings. The second-order valence-corrected chi connectivity index (χ2v) is 4.56. The van der Waals surface area contributed by atoms with E-state index in [4.69, 9.17) is 0 Å². The number of halogens is 1. The average Bonchev–Trinajstić information content (AvgIpc) is 2.30. The molecule has 0 bridgehead atoms. The van der Waals surface area contributed by atoms with Crippen LogP contribution in [0.15, 0.2) is 21.8 Å². The molecule has 0 aliphatic heterocycles. The Hall–Kier alpha value is -0.680. The third kappa shape index (κ3) is 3.72. The maximum absolute atomic E-state index is 11.6. The molecule has 0 aliphatic carbocycles. The van der Waals surface area contributed by atoms with E-state index in [0.717, 1.165) is 19.4 Å². The molecule has 0 radical (unpaired) electrons. The van der Waals surface area contributed by atoms with Crippen LogP contribution in [0.2, 0.25) is 0 Å². The highest BCUT2D eigenvalue weighted by Crippen LogP contribution is 1.98. The zero-order valence-corrected chi connectivity index (χ0v) is 11.3. The van der Waals surface area contributed by atoms with Gasteiger partial charge in [0.15, 0.2) is 0 Å². The molecule has 16 heavy (non-hydrogen) atoms. The molecule has 0 atom stereocenters. The predicted molar refractivity (Wildman–Crippen MR) is 68.6 cm³/mol. The highest BCUT2D eigenvalue weighted by atomic mass is 79.9. The van der Waals surface area contributed by atoms with Crippen LogP contribution in [0.3, 0.4) is 0 Å². The first-order valence-electron chi connectivity index (χ1n) is 5.62. The summed E-state index contributed by atoms with van der Waals surface area (Å²) in [5, 5.41) is 3.41. The molecule has 0 unspecified atom stereocenters. The highest BCUT2D eigenvalue weighted by Gasteiger charge is 2.03. The first-order valence-corrected chi connectivity index (χ1v) is 6.41. The summed E-state index contributed by atoms with van der Waals surface area (Å²) in [6.07, 6.45) is 5.32. The number of nitrogens with one attached hydrogen (secondary N) is 1.